The number of nitrogens with zero attached hydrogens (tertiary/aromatic N) is 1. The van der Waals surface area contributed by atoms with Crippen LogP contribution < -0.4 is 0 Å². The Labute approximate surface area is 301 Å². The lowest BCUT2D eigenvalue weighted by Gasteiger charge is -2.30. The Hall–Kier alpha value is -3.70. The van der Waals surface area contributed by atoms with E-state index < -0.39 is 12.1 Å². The molecular formula is C43H49NO7. The Balaban J connectivity index is 1.23. The number of rotatable bonds is 15. The predicted octanol–water partition coefficient (Wildman–Crippen LogP) is 7.07. The molecule has 8 atom stereocenters. The van der Waals surface area contributed by atoms with Gasteiger partial charge >= 0.3 is 0 Å². The molecule has 0 bridgehead atoms. The van der Waals surface area contributed by atoms with Crippen LogP contribution in [0.5, 0.6) is 0 Å². The number of hydrogen-bond acceptors (Lipinski definition) is 8. The molecule has 0 N–H and O–H groups in total. The number of benzene rings is 4. The molecule has 3 fully saturated rings. The maximum Gasteiger partial charge on any atom is 0.187 e. The standard InChI is InChI=1S/C43H49NO7/c1-43(2)50-40-37(49-42(45-3)41(40)51-43)25-24-35-38(47-28-33-20-12-6-13-21-33)39(48-29-34-22-14-7-15-23-34)36(30-46-27-32-18-10-5-11-19-32)44(35)26-31-16-8-4-9-17-31/h4-25,35-42H,26-30H2,1-3H3/b25-24-/t35-,36-,37+,38-,39-,40-,41-,42-/m1/s1. The molecule has 0 spiro atoms. The molecule has 0 saturated carbocycles. The second-order valence-corrected chi connectivity index (χ2v) is 13.9. The second-order valence-electron chi connectivity index (χ2n) is 13.9. The molecule has 4 aromatic rings. The molecule has 0 amide bonds. The van der Waals surface area contributed by atoms with E-state index in [0.717, 1.165) is 16.7 Å². The third-order valence-corrected chi connectivity index (χ3v) is 9.80. The number of fused-ring (bicyclic) bond motifs is 1. The van der Waals surface area contributed by atoms with E-state index in [4.69, 9.17) is 33.2 Å². The molecule has 0 unspecified atom stereocenters. The third-order valence-electron chi connectivity index (χ3n) is 9.80. The van der Waals surface area contributed by atoms with Gasteiger partial charge in [0, 0.05) is 13.7 Å². The van der Waals surface area contributed by atoms with Gasteiger partial charge in [0.1, 0.15) is 30.5 Å². The topological polar surface area (TPSA) is 67.9 Å². The van der Waals surface area contributed by atoms with Crippen molar-refractivity contribution in [3.63, 3.8) is 0 Å². The second kappa shape index (κ2) is 16.8. The van der Waals surface area contributed by atoms with Crippen LogP contribution in [-0.2, 0) is 59.5 Å². The zero-order valence-corrected chi connectivity index (χ0v) is 29.7. The fourth-order valence-corrected chi connectivity index (χ4v) is 7.40. The van der Waals surface area contributed by atoms with Gasteiger partial charge in [0.2, 0.25) is 0 Å². The van der Waals surface area contributed by atoms with Gasteiger partial charge in [0.15, 0.2) is 12.1 Å². The largest absolute Gasteiger partial charge is 0.375 e. The van der Waals surface area contributed by atoms with Crippen molar-refractivity contribution in [2.75, 3.05) is 13.7 Å². The number of likely N-dealkylation sites (tertiary alicyclic amines) is 1. The molecule has 8 nitrogen and oxygen atoms in total. The van der Waals surface area contributed by atoms with Crippen LogP contribution in [0, 0.1) is 0 Å². The number of ether oxygens (including phenoxy) is 7. The monoisotopic (exact) mass is 691 g/mol. The molecule has 3 aliphatic heterocycles. The lowest BCUT2D eigenvalue weighted by molar-refractivity contribution is -0.221. The summed E-state index contributed by atoms with van der Waals surface area (Å²) in [7, 11) is 1.64. The van der Waals surface area contributed by atoms with E-state index >= 15 is 0 Å². The van der Waals surface area contributed by atoms with Crippen LogP contribution >= 0.6 is 0 Å². The van der Waals surface area contributed by atoms with E-state index in [9.17, 15) is 0 Å². The molecule has 8 heteroatoms. The first kappa shape index (κ1) is 35.7. The van der Waals surface area contributed by atoms with Crippen LogP contribution in [0.4, 0.5) is 0 Å². The van der Waals surface area contributed by atoms with Gasteiger partial charge in [0.25, 0.3) is 0 Å². The van der Waals surface area contributed by atoms with Crippen molar-refractivity contribution in [3.05, 3.63) is 156 Å². The van der Waals surface area contributed by atoms with Crippen molar-refractivity contribution < 1.29 is 33.2 Å². The van der Waals surface area contributed by atoms with Gasteiger partial charge in [-0.3, -0.25) is 4.90 Å². The first-order valence-electron chi connectivity index (χ1n) is 17.9. The minimum atomic E-state index is -0.729. The minimum absolute atomic E-state index is 0.123. The van der Waals surface area contributed by atoms with Crippen LogP contribution in [0.15, 0.2) is 133 Å². The molecule has 7 rings (SSSR count). The summed E-state index contributed by atoms with van der Waals surface area (Å²) in [4.78, 5) is 2.47. The highest BCUT2D eigenvalue weighted by Crippen LogP contribution is 2.40. The van der Waals surface area contributed by atoms with Gasteiger partial charge in [-0.1, -0.05) is 133 Å². The zero-order valence-electron chi connectivity index (χ0n) is 29.7. The summed E-state index contributed by atoms with van der Waals surface area (Å²) in [6, 6.07) is 41.1. The number of methoxy groups -OCH3 is 1. The van der Waals surface area contributed by atoms with Gasteiger partial charge in [-0.15, -0.1) is 0 Å². The first-order valence-corrected chi connectivity index (χ1v) is 17.9. The van der Waals surface area contributed by atoms with E-state index in [1.807, 2.05) is 74.5 Å². The molecule has 4 aromatic carbocycles. The average Bonchev–Trinajstić information content (AvgIpc) is 3.75. The van der Waals surface area contributed by atoms with Crippen LogP contribution in [0.1, 0.15) is 36.1 Å². The smallest absolute Gasteiger partial charge is 0.187 e. The summed E-state index contributed by atoms with van der Waals surface area (Å²) < 4.78 is 45.0. The SMILES string of the molecule is CO[C@@H]1O[C@@H](/C=C\[C@@H]2[C@@H](OCc3ccccc3)[C@H](OCc3ccccc3)[C@@H](COCc3ccccc3)N2Cc2ccccc2)[C@H]2OC(C)(C)O[C@@H]12. The van der Waals surface area contributed by atoms with Crippen molar-refractivity contribution >= 4 is 0 Å². The van der Waals surface area contributed by atoms with Crippen molar-refractivity contribution in [1.82, 2.24) is 4.90 Å². The highest BCUT2D eigenvalue weighted by molar-refractivity contribution is 5.21. The predicted molar refractivity (Wildman–Crippen MR) is 194 cm³/mol. The highest BCUT2D eigenvalue weighted by atomic mass is 16.8. The Morgan fingerprint density at radius 3 is 1.71 bits per heavy atom. The Morgan fingerprint density at radius 1 is 0.627 bits per heavy atom. The Bertz CT molecular complexity index is 1660. The summed E-state index contributed by atoms with van der Waals surface area (Å²) in [6.45, 7) is 6.39. The van der Waals surface area contributed by atoms with Gasteiger partial charge in [-0.25, -0.2) is 0 Å². The molecular weight excluding hydrogens is 642 g/mol. The molecule has 0 aromatic heterocycles. The Kier molecular flexibility index (Phi) is 11.7. The van der Waals surface area contributed by atoms with Crippen LogP contribution in [-0.4, -0.2) is 73.3 Å². The van der Waals surface area contributed by atoms with E-state index in [2.05, 4.69) is 77.7 Å². The molecule has 3 aliphatic rings. The lowest BCUT2D eigenvalue weighted by Crippen LogP contribution is -2.42. The van der Waals surface area contributed by atoms with Crippen LogP contribution in [0.3, 0.4) is 0 Å². The van der Waals surface area contributed by atoms with Gasteiger partial charge in [-0.05, 0) is 36.1 Å². The van der Waals surface area contributed by atoms with Gasteiger partial charge in [-0.2, -0.15) is 0 Å². The molecule has 3 heterocycles. The fourth-order valence-electron chi connectivity index (χ4n) is 7.40. The average molecular weight is 692 g/mol. The van der Waals surface area contributed by atoms with Crippen LogP contribution in [0.25, 0.3) is 0 Å². The summed E-state index contributed by atoms with van der Waals surface area (Å²) in [5, 5.41) is 0. The number of hydrogen-bond donors (Lipinski definition) is 0. The summed E-state index contributed by atoms with van der Waals surface area (Å²) in [6.07, 6.45) is 2.16. The maximum absolute atomic E-state index is 6.95. The van der Waals surface area contributed by atoms with Crippen molar-refractivity contribution in [2.24, 2.45) is 0 Å². The fraction of sp³-hybridized carbons (Fsp3) is 0.395. The third kappa shape index (κ3) is 8.85. The molecule has 268 valence electrons. The van der Waals surface area contributed by atoms with Crippen LogP contribution in [0.2, 0.25) is 0 Å². The first-order chi connectivity index (χ1) is 25.0. The molecule has 51 heavy (non-hydrogen) atoms. The van der Waals surface area contributed by atoms with Crippen molar-refractivity contribution in [1.29, 1.82) is 0 Å². The normalized spacial score (nSPS) is 28.8. The zero-order chi connectivity index (χ0) is 35.0. The van der Waals surface area contributed by atoms with E-state index in [1.54, 1.807) is 7.11 Å². The van der Waals surface area contributed by atoms with E-state index in [1.165, 1.54) is 5.56 Å². The summed E-state index contributed by atoms with van der Waals surface area (Å²) in [5.41, 5.74) is 4.53. The quantitative estimate of drug-likeness (QED) is 0.123. The van der Waals surface area contributed by atoms with Crippen molar-refractivity contribution in [2.45, 2.75) is 94.9 Å². The maximum atomic E-state index is 6.95. The highest BCUT2D eigenvalue weighted by Gasteiger charge is 2.55. The molecule has 0 aliphatic carbocycles. The lowest BCUT2D eigenvalue weighted by atomic mass is 10.0. The summed E-state index contributed by atoms with van der Waals surface area (Å²) in [5.74, 6) is -0.729. The Morgan fingerprint density at radius 2 is 1.14 bits per heavy atom. The van der Waals surface area contributed by atoms with E-state index in [0.29, 0.717) is 33.0 Å². The summed E-state index contributed by atoms with van der Waals surface area (Å²) >= 11 is 0. The van der Waals surface area contributed by atoms with E-state index in [-0.39, 0.29) is 42.6 Å². The van der Waals surface area contributed by atoms with Gasteiger partial charge in [0.05, 0.1) is 38.5 Å². The van der Waals surface area contributed by atoms with Gasteiger partial charge < -0.3 is 33.2 Å². The minimum Gasteiger partial charge on any atom is -0.375 e. The molecule has 3 saturated heterocycles. The van der Waals surface area contributed by atoms with Crippen molar-refractivity contribution in [3.8, 4) is 0 Å². The molecule has 0 radical (unpaired) electrons.